The van der Waals surface area contributed by atoms with E-state index in [0.29, 0.717) is 6.07 Å². The third-order valence-corrected chi connectivity index (χ3v) is 8.50. The van der Waals surface area contributed by atoms with Crippen molar-refractivity contribution in [1.29, 1.82) is 0 Å². The molecule has 5 rings (SSSR count). The minimum atomic E-state index is -4.96. The van der Waals surface area contributed by atoms with Gasteiger partial charge in [-0.1, -0.05) is 18.2 Å². The van der Waals surface area contributed by atoms with Crippen molar-refractivity contribution in [3.8, 4) is 11.1 Å². The normalized spacial score (nSPS) is 17.7. The number of methoxy groups -OCH3 is 1. The van der Waals surface area contributed by atoms with Gasteiger partial charge < -0.3 is 14.5 Å². The molecule has 2 aliphatic heterocycles. The third kappa shape index (κ3) is 4.94. The Labute approximate surface area is 234 Å². The Morgan fingerprint density at radius 2 is 1.88 bits per heavy atom. The molecule has 14 heteroatoms. The molecule has 0 aliphatic carbocycles. The van der Waals surface area contributed by atoms with Gasteiger partial charge in [0.1, 0.15) is 17.5 Å². The highest BCUT2D eigenvalue weighted by Crippen LogP contribution is 2.49. The molecule has 3 heterocycles. The summed E-state index contributed by atoms with van der Waals surface area (Å²) in [4.78, 5) is 32.7. The van der Waals surface area contributed by atoms with E-state index in [1.165, 1.54) is 22.7 Å². The summed E-state index contributed by atoms with van der Waals surface area (Å²) in [6.07, 6.45) is -4.36. The van der Waals surface area contributed by atoms with Crippen LogP contribution in [0.5, 0.6) is 0 Å². The van der Waals surface area contributed by atoms with Crippen LogP contribution in [0.25, 0.3) is 22.0 Å². The number of rotatable bonds is 4. The molecular formula is C26H22ClF5N4O3S. The van der Waals surface area contributed by atoms with E-state index in [1.54, 1.807) is 4.90 Å². The van der Waals surface area contributed by atoms with Crippen LogP contribution in [0.2, 0.25) is 5.02 Å². The number of ether oxygens (including phenoxy) is 1. The lowest BCUT2D eigenvalue weighted by Gasteiger charge is -2.35. The first-order chi connectivity index (χ1) is 18.9. The fourth-order valence-electron chi connectivity index (χ4n) is 4.99. The molecule has 1 saturated heterocycles. The SMILES string of the molecule is C=CC(=O)N1CCN(c2nc(=O)n3c4c(c(-c5cc(Cl)c(F)cc5F)c(C(F)(F)F)cc24)SC[C@H](OC)C3)CC1. The van der Waals surface area contributed by atoms with E-state index in [2.05, 4.69) is 11.6 Å². The number of carbonyl (C=O) groups is 1. The monoisotopic (exact) mass is 600 g/mol. The van der Waals surface area contributed by atoms with Crippen LogP contribution in [-0.4, -0.2) is 65.5 Å². The van der Waals surface area contributed by atoms with Gasteiger partial charge in [0.15, 0.2) is 0 Å². The number of alkyl halides is 3. The number of hydrogen-bond acceptors (Lipinski definition) is 6. The molecule has 0 bridgehead atoms. The van der Waals surface area contributed by atoms with E-state index in [-0.39, 0.29) is 66.0 Å². The standard InChI is InChI=1S/C26H22ClF5N4O3S/c1-3-20(37)34-4-6-35(7-5-34)24-15-8-16(26(30,31)32)21(14-9-17(27)19(29)10-18(14)28)23-22(15)36(25(38)33-24)11-13(39-2)12-40-23/h3,8-10,13H,1,4-7,11-12H2,2H3/t13-/m1/s1. The minimum absolute atomic E-state index is 0.00180. The molecule has 7 nitrogen and oxygen atoms in total. The van der Waals surface area contributed by atoms with Gasteiger partial charge in [-0.3, -0.25) is 9.36 Å². The third-order valence-electron chi connectivity index (χ3n) is 6.98. The first-order valence-corrected chi connectivity index (χ1v) is 13.5. The van der Waals surface area contributed by atoms with E-state index >= 15 is 4.39 Å². The van der Waals surface area contributed by atoms with Crippen LogP contribution in [0.15, 0.2) is 40.5 Å². The van der Waals surface area contributed by atoms with Crippen molar-refractivity contribution in [3.05, 3.63) is 63.6 Å². The number of piperazine rings is 1. The summed E-state index contributed by atoms with van der Waals surface area (Å²) in [5.74, 6) is -2.47. The van der Waals surface area contributed by atoms with Gasteiger partial charge >= 0.3 is 11.9 Å². The average Bonchev–Trinajstić information content (AvgIpc) is 3.12. The van der Waals surface area contributed by atoms with E-state index < -0.39 is 51.3 Å². The predicted octanol–water partition coefficient (Wildman–Crippen LogP) is 4.97. The van der Waals surface area contributed by atoms with Crippen LogP contribution in [0, 0.1) is 11.6 Å². The maximum Gasteiger partial charge on any atom is 0.417 e. The molecule has 3 aromatic rings. The van der Waals surface area contributed by atoms with Crippen molar-refractivity contribution in [2.45, 2.75) is 23.7 Å². The molecule has 1 aromatic heterocycles. The zero-order valence-electron chi connectivity index (χ0n) is 21.0. The Morgan fingerprint density at radius 3 is 2.50 bits per heavy atom. The molecule has 1 fully saturated rings. The highest BCUT2D eigenvalue weighted by Gasteiger charge is 2.39. The van der Waals surface area contributed by atoms with E-state index in [4.69, 9.17) is 16.3 Å². The van der Waals surface area contributed by atoms with Gasteiger partial charge in [-0.2, -0.15) is 18.2 Å². The fourth-order valence-corrected chi connectivity index (χ4v) is 6.47. The van der Waals surface area contributed by atoms with Crippen LogP contribution in [0.1, 0.15) is 5.56 Å². The first-order valence-electron chi connectivity index (χ1n) is 12.1. The summed E-state index contributed by atoms with van der Waals surface area (Å²) in [6.45, 7) is 4.37. The first kappa shape index (κ1) is 28.4. The summed E-state index contributed by atoms with van der Waals surface area (Å²) in [6, 6.07) is 2.10. The van der Waals surface area contributed by atoms with Crippen molar-refractivity contribution in [2.75, 3.05) is 43.9 Å². The van der Waals surface area contributed by atoms with Gasteiger partial charge in [-0.25, -0.2) is 13.6 Å². The summed E-state index contributed by atoms with van der Waals surface area (Å²) in [7, 11) is 1.41. The van der Waals surface area contributed by atoms with Gasteiger partial charge in [0, 0.05) is 66.5 Å². The van der Waals surface area contributed by atoms with Gasteiger partial charge in [0.25, 0.3) is 0 Å². The Kier molecular flexibility index (Phi) is 7.57. The second kappa shape index (κ2) is 10.7. The van der Waals surface area contributed by atoms with Crippen molar-refractivity contribution in [1.82, 2.24) is 14.5 Å². The summed E-state index contributed by atoms with van der Waals surface area (Å²) in [5.41, 5.74) is -2.87. The largest absolute Gasteiger partial charge is 0.417 e. The summed E-state index contributed by atoms with van der Waals surface area (Å²) < 4.78 is 79.8. The Hall–Kier alpha value is -3.16. The number of anilines is 1. The minimum Gasteiger partial charge on any atom is -0.379 e. The van der Waals surface area contributed by atoms with Crippen molar-refractivity contribution in [3.63, 3.8) is 0 Å². The van der Waals surface area contributed by atoms with Crippen LogP contribution in [0.3, 0.4) is 0 Å². The lowest BCUT2D eigenvalue weighted by atomic mass is 9.95. The smallest absolute Gasteiger partial charge is 0.379 e. The summed E-state index contributed by atoms with van der Waals surface area (Å²) in [5, 5.41) is -0.517. The lowest BCUT2D eigenvalue weighted by molar-refractivity contribution is -0.137. The quantitative estimate of drug-likeness (QED) is 0.239. The molecule has 40 heavy (non-hydrogen) atoms. The van der Waals surface area contributed by atoms with Crippen molar-refractivity contribution < 1.29 is 31.5 Å². The number of thioether (sulfide) groups is 1. The van der Waals surface area contributed by atoms with Crippen LogP contribution < -0.4 is 10.6 Å². The average molecular weight is 601 g/mol. The molecule has 212 valence electrons. The predicted molar refractivity (Wildman–Crippen MR) is 142 cm³/mol. The molecule has 1 atom stereocenters. The highest BCUT2D eigenvalue weighted by atomic mass is 35.5. The van der Waals surface area contributed by atoms with Crippen LogP contribution >= 0.6 is 23.4 Å². The van der Waals surface area contributed by atoms with Crippen LogP contribution in [-0.2, 0) is 22.3 Å². The summed E-state index contributed by atoms with van der Waals surface area (Å²) >= 11 is 6.86. The second-order valence-corrected chi connectivity index (χ2v) is 10.7. The number of carbonyl (C=O) groups excluding carboxylic acids is 1. The van der Waals surface area contributed by atoms with Crippen molar-refractivity contribution >= 4 is 46.0 Å². The van der Waals surface area contributed by atoms with E-state index in [1.807, 2.05) is 0 Å². The van der Waals surface area contributed by atoms with Gasteiger partial charge in [0.2, 0.25) is 5.91 Å². The second-order valence-electron chi connectivity index (χ2n) is 9.28. The van der Waals surface area contributed by atoms with Crippen molar-refractivity contribution in [2.24, 2.45) is 0 Å². The topological polar surface area (TPSA) is 67.7 Å². The molecule has 0 radical (unpaired) electrons. The zero-order chi connectivity index (χ0) is 28.9. The maximum absolute atomic E-state index is 15.1. The molecule has 0 N–H and O–H groups in total. The Morgan fingerprint density at radius 1 is 1.18 bits per heavy atom. The number of amides is 1. The van der Waals surface area contributed by atoms with Crippen LogP contribution in [0.4, 0.5) is 27.8 Å². The number of benzene rings is 2. The zero-order valence-corrected chi connectivity index (χ0v) is 22.6. The Bertz CT molecular complexity index is 1590. The molecule has 1 amide bonds. The number of nitrogens with zero attached hydrogens (tertiary/aromatic N) is 4. The number of halogens is 6. The molecular weight excluding hydrogens is 579 g/mol. The number of aromatic nitrogens is 2. The van der Waals surface area contributed by atoms with Gasteiger partial charge in [-0.05, 0) is 18.2 Å². The van der Waals surface area contributed by atoms with E-state index in [9.17, 15) is 27.2 Å². The lowest BCUT2D eigenvalue weighted by Crippen LogP contribution is -2.49. The molecule has 0 saturated carbocycles. The molecule has 0 unspecified atom stereocenters. The molecule has 0 spiro atoms. The van der Waals surface area contributed by atoms with E-state index in [0.717, 1.165) is 23.9 Å². The Balaban J connectivity index is 1.83. The molecule has 2 aromatic carbocycles. The fraction of sp³-hybridized carbons (Fsp3) is 0.346. The van der Waals surface area contributed by atoms with Gasteiger partial charge in [-0.15, -0.1) is 11.8 Å². The van der Waals surface area contributed by atoms with Gasteiger partial charge in [0.05, 0.1) is 28.8 Å². The maximum atomic E-state index is 15.1. The molecule has 2 aliphatic rings. The highest BCUT2D eigenvalue weighted by molar-refractivity contribution is 7.99. The number of hydrogen-bond donors (Lipinski definition) is 0.